The molecule has 20 heavy (non-hydrogen) atoms. The molecule has 0 radical (unpaired) electrons. The van der Waals surface area contributed by atoms with Gasteiger partial charge in [-0.3, -0.25) is 0 Å². The molecular formula is C14H18N2O3S. The first-order valence-corrected chi connectivity index (χ1v) is 7.62. The number of carbonyl (C=O) groups excluding carboxylic acids is 1. The molecule has 1 aliphatic heterocycles. The van der Waals surface area contributed by atoms with E-state index in [0.29, 0.717) is 23.2 Å². The smallest absolute Gasteiger partial charge is 0.327 e. The van der Waals surface area contributed by atoms with Gasteiger partial charge in [-0.05, 0) is 23.6 Å². The lowest BCUT2D eigenvalue weighted by atomic mass is 10.0. The number of nitrogens with one attached hydrogen (secondary N) is 1. The Morgan fingerprint density at radius 1 is 1.35 bits per heavy atom. The minimum Gasteiger partial charge on any atom is -0.480 e. The van der Waals surface area contributed by atoms with E-state index in [9.17, 15) is 9.59 Å². The van der Waals surface area contributed by atoms with E-state index in [2.05, 4.69) is 19.2 Å². The molecule has 2 amide bonds. The third-order valence-electron chi connectivity index (χ3n) is 3.26. The first-order valence-electron chi connectivity index (χ1n) is 6.47. The van der Waals surface area contributed by atoms with Gasteiger partial charge in [-0.1, -0.05) is 26.0 Å². The minimum atomic E-state index is -0.958. The molecule has 1 aromatic carbocycles. The number of hydrogen-bond donors (Lipinski definition) is 2. The summed E-state index contributed by atoms with van der Waals surface area (Å²) in [5, 5.41) is 11.8. The third-order valence-corrected chi connectivity index (χ3v) is 4.27. The molecule has 0 aliphatic carbocycles. The Morgan fingerprint density at radius 3 is 2.55 bits per heavy atom. The summed E-state index contributed by atoms with van der Waals surface area (Å²) in [6.45, 7) is 4.21. The number of anilines is 1. The molecule has 2 N–H and O–H groups in total. The number of aliphatic carboxylic acids is 1. The number of carboxylic acid groups (broad SMARTS) is 1. The number of hydrogen-bond acceptors (Lipinski definition) is 3. The molecule has 1 aromatic rings. The van der Waals surface area contributed by atoms with Gasteiger partial charge in [0, 0.05) is 11.4 Å². The van der Waals surface area contributed by atoms with Crippen LogP contribution in [0.15, 0.2) is 24.3 Å². The van der Waals surface area contributed by atoms with E-state index in [-0.39, 0.29) is 6.03 Å². The van der Waals surface area contributed by atoms with Crippen LogP contribution in [-0.4, -0.2) is 39.7 Å². The Hall–Kier alpha value is -1.69. The lowest BCUT2D eigenvalue weighted by Gasteiger charge is -2.21. The van der Waals surface area contributed by atoms with Crippen LogP contribution in [0, 0.1) is 0 Å². The van der Waals surface area contributed by atoms with Crippen LogP contribution in [0.2, 0.25) is 0 Å². The van der Waals surface area contributed by atoms with E-state index in [1.807, 2.05) is 24.3 Å². The van der Waals surface area contributed by atoms with Crippen molar-refractivity contribution in [3.8, 4) is 0 Å². The van der Waals surface area contributed by atoms with E-state index < -0.39 is 12.0 Å². The predicted molar refractivity (Wildman–Crippen MR) is 80.1 cm³/mol. The number of amides is 2. The summed E-state index contributed by atoms with van der Waals surface area (Å²) in [6, 6.07) is 6.51. The molecule has 0 aromatic heterocycles. The highest BCUT2D eigenvalue weighted by molar-refractivity contribution is 7.99. The van der Waals surface area contributed by atoms with Crippen LogP contribution >= 0.6 is 11.8 Å². The molecule has 1 heterocycles. The number of benzene rings is 1. The molecule has 1 fully saturated rings. The third kappa shape index (κ3) is 3.25. The van der Waals surface area contributed by atoms with E-state index in [1.165, 1.54) is 22.2 Å². The molecular weight excluding hydrogens is 276 g/mol. The van der Waals surface area contributed by atoms with Crippen molar-refractivity contribution in [3.05, 3.63) is 29.8 Å². The van der Waals surface area contributed by atoms with Crippen molar-refractivity contribution in [3.63, 3.8) is 0 Å². The Labute approximate surface area is 122 Å². The van der Waals surface area contributed by atoms with Gasteiger partial charge in [-0.15, -0.1) is 11.8 Å². The van der Waals surface area contributed by atoms with Crippen molar-refractivity contribution in [1.29, 1.82) is 0 Å². The molecule has 6 heteroatoms. The molecule has 1 unspecified atom stereocenters. The standard InChI is InChI=1S/C14H18N2O3S/c1-9(2)10-3-5-11(6-4-10)15-14(19)16-8-20-7-12(16)13(17)18/h3-6,9,12H,7-8H2,1-2H3,(H,15,19)(H,17,18). The average molecular weight is 294 g/mol. The maximum Gasteiger partial charge on any atom is 0.327 e. The second kappa shape index (κ2) is 6.17. The van der Waals surface area contributed by atoms with Crippen LogP contribution in [0.3, 0.4) is 0 Å². The van der Waals surface area contributed by atoms with Crippen molar-refractivity contribution in [2.75, 3.05) is 16.9 Å². The molecule has 0 saturated carbocycles. The fourth-order valence-electron chi connectivity index (χ4n) is 1.99. The number of nitrogens with zero attached hydrogens (tertiary/aromatic N) is 1. The van der Waals surface area contributed by atoms with Crippen molar-refractivity contribution in [2.24, 2.45) is 0 Å². The van der Waals surface area contributed by atoms with E-state index in [0.717, 1.165) is 0 Å². The zero-order chi connectivity index (χ0) is 14.7. The van der Waals surface area contributed by atoms with Gasteiger partial charge < -0.3 is 15.3 Å². The normalized spacial score (nSPS) is 18.4. The van der Waals surface area contributed by atoms with E-state index in [1.54, 1.807) is 0 Å². The molecule has 1 aliphatic rings. The molecule has 2 rings (SSSR count). The summed E-state index contributed by atoms with van der Waals surface area (Å²) < 4.78 is 0. The van der Waals surface area contributed by atoms with Crippen LogP contribution in [0.4, 0.5) is 10.5 Å². The van der Waals surface area contributed by atoms with Crippen LogP contribution in [0.5, 0.6) is 0 Å². The van der Waals surface area contributed by atoms with Crippen molar-refractivity contribution < 1.29 is 14.7 Å². The summed E-state index contributed by atoms with van der Waals surface area (Å²) in [5.41, 5.74) is 1.88. The minimum absolute atomic E-state index is 0.361. The Balaban J connectivity index is 2.02. The number of urea groups is 1. The van der Waals surface area contributed by atoms with Crippen molar-refractivity contribution in [2.45, 2.75) is 25.8 Å². The summed E-state index contributed by atoms with van der Waals surface area (Å²) in [5.74, 6) is 0.327. The molecule has 1 saturated heterocycles. The fraction of sp³-hybridized carbons (Fsp3) is 0.429. The van der Waals surface area contributed by atoms with Gasteiger partial charge in [0.1, 0.15) is 6.04 Å². The lowest BCUT2D eigenvalue weighted by molar-refractivity contribution is -0.140. The topological polar surface area (TPSA) is 69.6 Å². The monoisotopic (exact) mass is 294 g/mol. The highest BCUT2D eigenvalue weighted by Crippen LogP contribution is 2.23. The zero-order valence-electron chi connectivity index (χ0n) is 11.5. The Morgan fingerprint density at radius 2 is 2.00 bits per heavy atom. The van der Waals surface area contributed by atoms with E-state index in [4.69, 9.17) is 5.11 Å². The summed E-state index contributed by atoms with van der Waals surface area (Å²) in [6.07, 6.45) is 0. The maximum atomic E-state index is 12.1. The molecule has 0 bridgehead atoms. The van der Waals surface area contributed by atoms with Gasteiger partial charge in [0.05, 0.1) is 5.88 Å². The molecule has 108 valence electrons. The van der Waals surface area contributed by atoms with Crippen LogP contribution in [0.25, 0.3) is 0 Å². The molecule has 5 nitrogen and oxygen atoms in total. The molecule has 1 atom stereocenters. The predicted octanol–water partition coefficient (Wildman–Crippen LogP) is 2.80. The average Bonchev–Trinajstić information content (AvgIpc) is 2.88. The maximum absolute atomic E-state index is 12.1. The Kier molecular flexibility index (Phi) is 4.54. The first-order chi connectivity index (χ1) is 9.49. The van der Waals surface area contributed by atoms with Gasteiger partial charge in [0.25, 0.3) is 0 Å². The number of rotatable bonds is 3. The Bertz CT molecular complexity index is 502. The highest BCUT2D eigenvalue weighted by atomic mass is 32.2. The summed E-state index contributed by atoms with van der Waals surface area (Å²) in [7, 11) is 0. The van der Waals surface area contributed by atoms with Crippen molar-refractivity contribution in [1.82, 2.24) is 4.90 Å². The van der Waals surface area contributed by atoms with Gasteiger partial charge in [0.15, 0.2) is 0 Å². The van der Waals surface area contributed by atoms with Crippen LogP contribution < -0.4 is 5.32 Å². The quantitative estimate of drug-likeness (QED) is 0.899. The molecule has 0 spiro atoms. The first kappa shape index (κ1) is 14.7. The second-order valence-electron chi connectivity index (χ2n) is 5.03. The van der Waals surface area contributed by atoms with Crippen LogP contribution in [-0.2, 0) is 4.79 Å². The van der Waals surface area contributed by atoms with Crippen LogP contribution in [0.1, 0.15) is 25.3 Å². The van der Waals surface area contributed by atoms with Gasteiger partial charge in [-0.25, -0.2) is 9.59 Å². The number of carbonyl (C=O) groups is 2. The zero-order valence-corrected chi connectivity index (χ0v) is 12.3. The number of thioether (sulfide) groups is 1. The highest BCUT2D eigenvalue weighted by Gasteiger charge is 2.34. The SMILES string of the molecule is CC(C)c1ccc(NC(=O)N2CSCC2C(=O)O)cc1. The van der Waals surface area contributed by atoms with Gasteiger partial charge in [-0.2, -0.15) is 0 Å². The van der Waals surface area contributed by atoms with Gasteiger partial charge >= 0.3 is 12.0 Å². The number of carboxylic acids is 1. The van der Waals surface area contributed by atoms with Crippen molar-refractivity contribution >= 4 is 29.4 Å². The van der Waals surface area contributed by atoms with E-state index >= 15 is 0 Å². The summed E-state index contributed by atoms with van der Waals surface area (Å²) >= 11 is 1.45. The second-order valence-corrected chi connectivity index (χ2v) is 6.03. The fourth-order valence-corrected chi connectivity index (χ4v) is 3.14. The van der Waals surface area contributed by atoms with Gasteiger partial charge in [0.2, 0.25) is 0 Å². The largest absolute Gasteiger partial charge is 0.480 e. The summed E-state index contributed by atoms with van der Waals surface area (Å²) in [4.78, 5) is 24.5. The lowest BCUT2D eigenvalue weighted by Crippen LogP contribution is -2.43.